The number of aliphatic carboxylic acids is 1. The molecule has 1 amide bonds. The third-order valence-corrected chi connectivity index (χ3v) is 6.77. The van der Waals surface area contributed by atoms with E-state index in [4.69, 9.17) is 16.3 Å². The van der Waals surface area contributed by atoms with E-state index in [1.54, 1.807) is 49.5 Å². The van der Waals surface area contributed by atoms with Crippen molar-refractivity contribution in [2.45, 2.75) is 65.0 Å². The van der Waals surface area contributed by atoms with E-state index in [0.29, 0.717) is 36.3 Å². The van der Waals surface area contributed by atoms with Crippen molar-refractivity contribution in [2.75, 3.05) is 6.61 Å². The first-order valence-corrected chi connectivity index (χ1v) is 13.4. The summed E-state index contributed by atoms with van der Waals surface area (Å²) in [4.78, 5) is 39.0. The molecule has 2 N–H and O–H groups in total. The molecular formula is C30H34ClFN2O5. The molecule has 39 heavy (non-hydrogen) atoms. The van der Waals surface area contributed by atoms with E-state index in [-0.39, 0.29) is 23.4 Å². The standard InChI is InChI=1S/C30H34ClFN2O5/c1-4-6-13-27(29(37)33-26(17-28(35)36)20-9-7-10-22(15-20)39-5-2)34-18-19(3)14-21(30(34)38)16-23-24(31)11-8-12-25(23)32/h7-12,14-15,18,26-27H,4-6,13,16-17H2,1-3H3,(H,33,37)(H,35,36)/t26-,27-/m0/s1. The summed E-state index contributed by atoms with van der Waals surface area (Å²) in [5.41, 5.74) is 1.39. The molecular weight excluding hydrogens is 523 g/mol. The van der Waals surface area contributed by atoms with Crippen molar-refractivity contribution in [3.05, 3.63) is 98.2 Å². The SMILES string of the molecule is CCCC[C@@H](C(=O)N[C@@H](CC(=O)O)c1cccc(OCC)c1)n1cc(C)cc(Cc2c(F)cccc2Cl)c1=O. The average Bonchev–Trinajstić information content (AvgIpc) is 2.88. The van der Waals surface area contributed by atoms with Gasteiger partial charge in [0.05, 0.1) is 19.1 Å². The van der Waals surface area contributed by atoms with Crippen LogP contribution in [-0.2, 0) is 16.0 Å². The summed E-state index contributed by atoms with van der Waals surface area (Å²) in [6.07, 6.45) is 3.05. The van der Waals surface area contributed by atoms with Gasteiger partial charge in [-0.2, -0.15) is 0 Å². The van der Waals surface area contributed by atoms with Crippen molar-refractivity contribution in [2.24, 2.45) is 0 Å². The predicted molar refractivity (Wildman–Crippen MR) is 149 cm³/mol. The predicted octanol–water partition coefficient (Wildman–Crippen LogP) is 6.00. The Bertz CT molecular complexity index is 1350. The highest BCUT2D eigenvalue weighted by molar-refractivity contribution is 6.31. The second-order valence-corrected chi connectivity index (χ2v) is 9.86. The van der Waals surface area contributed by atoms with Gasteiger partial charge >= 0.3 is 5.97 Å². The lowest BCUT2D eigenvalue weighted by Crippen LogP contribution is -2.40. The summed E-state index contributed by atoms with van der Waals surface area (Å²) in [5.74, 6) is -1.50. The fraction of sp³-hybridized carbons (Fsp3) is 0.367. The Balaban J connectivity index is 1.99. The molecule has 1 heterocycles. The van der Waals surface area contributed by atoms with Gasteiger partial charge in [0.25, 0.3) is 5.56 Å². The van der Waals surface area contributed by atoms with E-state index in [9.17, 15) is 23.9 Å². The number of benzene rings is 2. The number of pyridine rings is 1. The van der Waals surface area contributed by atoms with Crippen LogP contribution in [-0.4, -0.2) is 28.2 Å². The number of rotatable bonds is 13. The molecule has 7 nitrogen and oxygen atoms in total. The molecule has 0 aliphatic rings. The quantitative estimate of drug-likeness (QED) is 0.269. The Labute approximate surface area is 232 Å². The molecule has 0 aliphatic carbocycles. The van der Waals surface area contributed by atoms with Crippen LogP contribution in [0.15, 0.2) is 59.5 Å². The van der Waals surface area contributed by atoms with Gasteiger partial charge < -0.3 is 19.7 Å². The van der Waals surface area contributed by atoms with Gasteiger partial charge in [0, 0.05) is 28.8 Å². The molecule has 0 unspecified atom stereocenters. The number of halogens is 2. The Morgan fingerprint density at radius 2 is 1.90 bits per heavy atom. The van der Waals surface area contributed by atoms with E-state index in [2.05, 4.69) is 5.32 Å². The monoisotopic (exact) mass is 556 g/mol. The summed E-state index contributed by atoms with van der Waals surface area (Å²) in [6, 6.07) is 11.2. The number of carboxylic acids is 1. The van der Waals surface area contributed by atoms with Crippen molar-refractivity contribution >= 4 is 23.5 Å². The first-order valence-electron chi connectivity index (χ1n) is 13.0. The average molecular weight is 557 g/mol. The Hall–Kier alpha value is -3.65. The smallest absolute Gasteiger partial charge is 0.305 e. The lowest BCUT2D eigenvalue weighted by molar-refractivity contribution is -0.138. The number of hydrogen-bond donors (Lipinski definition) is 2. The summed E-state index contributed by atoms with van der Waals surface area (Å²) >= 11 is 6.21. The Morgan fingerprint density at radius 3 is 2.56 bits per heavy atom. The van der Waals surface area contributed by atoms with Gasteiger partial charge in [-0.05, 0) is 61.7 Å². The van der Waals surface area contributed by atoms with E-state index >= 15 is 0 Å². The van der Waals surface area contributed by atoms with E-state index in [0.717, 1.165) is 12.0 Å². The zero-order valence-electron chi connectivity index (χ0n) is 22.4. The van der Waals surface area contributed by atoms with E-state index in [1.807, 2.05) is 13.8 Å². The van der Waals surface area contributed by atoms with Gasteiger partial charge in [0.15, 0.2) is 0 Å². The molecule has 1 aromatic heterocycles. The largest absolute Gasteiger partial charge is 0.494 e. The van der Waals surface area contributed by atoms with Crippen LogP contribution < -0.4 is 15.6 Å². The molecule has 2 aromatic carbocycles. The van der Waals surface area contributed by atoms with Gasteiger partial charge in [-0.3, -0.25) is 14.4 Å². The Morgan fingerprint density at radius 1 is 1.15 bits per heavy atom. The van der Waals surface area contributed by atoms with Crippen molar-refractivity contribution < 1.29 is 23.8 Å². The highest BCUT2D eigenvalue weighted by Gasteiger charge is 2.27. The van der Waals surface area contributed by atoms with Crippen LogP contribution in [0, 0.1) is 12.7 Å². The van der Waals surface area contributed by atoms with Crippen molar-refractivity contribution in [3.8, 4) is 5.75 Å². The number of ether oxygens (including phenoxy) is 1. The van der Waals surface area contributed by atoms with Gasteiger partial charge in [-0.15, -0.1) is 0 Å². The number of aromatic nitrogens is 1. The highest BCUT2D eigenvalue weighted by atomic mass is 35.5. The number of carboxylic acid groups (broad SMARTS) is 1. The van der Waals surface area contributed by atoms with Crippen LogP contribution in [0.3, 0.4) is 0 Å². The van der Waals surface area contributed by atoms with Gasteiger partial charge in [0.1, 0.15) is 17.6 Å². The molecule has 9 heteroatoms. The fourth-order valence-electron chi connectivity index (χ4n) is 4.54. The zero-order valence-corrected chi connectivity index (χ0v) is 23.1. The second-order valence-electron chi connectivity index (χ2n) is 9.45. The molecule has 208 valence electrons. The lowest BCUT2D eigenvalue weighted by Gasteiger charge is -2.25. The minimum atomic E-state index is -1.08. The van der Waals surface area contributed by atoms with Crippen LogP contribution in [0.25, 0.3) is 0 Å². The van der Waals surface area contributed by atoms with Crippen molar-refractivity contribution in [3.63, 3.8) is 0 Å². The number of amides is 1. The molecule has 0 radical (unpaired) electrons. The van der Waals surface area contributed by atoms with Crippen LogP contribution in [0.4, 0.5) is 4.39 Å². The van der Waals surface area contributed by atoms with E-state index in [1.165, 1.54) is 16.7 Å². The molecule has 0 fully saturated rings. The lowest BCUT2D eigenvalue weighted by atomic mass is 10.0. The van der Waals surface area contributed by atoms with Crippen molar-refractivity contribution in [1.82, 2.24) is 9.88 Å². The molecule has 3 aromatic rings. The molecule has 0 bridgehead atoms. The number of hydrogen-bond acceptors (Lipinski definition) is 4. The van der Waals surface area contributed by atoms with Crippen LogP contribution >= 0.6 is 11.6 Å². The second kappa shape index (κ2) is 13.9. The molecule has 3 rings (SSSR count). The number of aryl methyl sites for hydroxylation is 1. The third kappa shape index (κ3) is 7.93. The summed E-state index contributed by atoms with van der Waals surface area (Å²) in [6.45, 7) is 6.06. The minimum Gasteiger partial charge on any atom is -0.494 e. The molecule has 0 spiro atoms. The first-order chi connectivity index (χ1) is 18.6. The van der Waals surface area contributed by atoms with Gasteiger partial charge in [0.2, 0.25) is 5.91 Å². The van der Waals surface area contributed by atoms with Crippen molar-refractivity contribution in [1.29, 1.82) is 0 Å². The van der Waals surface area contributed by atoms with Crippen LogP contribution in [0.1, 0.15) is 73.9 Å². The minimum absolute atomic E-state index is 0.0278. The molecule has 0 aliphatic heterocycles. The Kier molecular flexibility index (Phi) is 10.7. The summed E-state index contributed by atoms with van der Waals surface area (Å²) in [7, 11) is 0. The molecule has 0 saturated heterocycles. The van der Waals surface area contributed by atoms with Crippen LogP contribution in [0.5, 0.6) is 5.75 Å². The number of nitrogens with one attached hydrogen (secondary N) is 1. The normalized spacial score (nSPS) is 12.5. The summed E-state index contributed by atoms with van der Waals surface area (Å²) < 4.78 is 21.4. The first kappa shape index (κ1) is 29.9. The fourth-order valence-corrected chi connectivity index (χ4v) is 4.77. The number of nitrogens with zero attached hydrogens (tertiary/aromatic N) is 1. The number of carbonyl (C=O) groups excluding carboxylic acids is 1. The zero-order chi connectivity index (χ0) is 28.5. The molecule has 2 atom stereocenters. The third-order valence-electron chi connectivity index (χ3n) is 6.42. The van der Waals surface area contributed by atoms with Crippen LogP contribution in [0.2, 0.25) is 5.02 Å². The summed E-state index contributed by atoms with van der Waals surface area (Å²) in [5, 5.41) is 12.6. The molecule has 0 saturated carbocycles. The highest BCUT2D eigenvalue weighted by Crippen LogP contribution is 2.25. The maximum Gasteiger partial charge on any atom is 0.305 e. The number of unbranched alkanes of at least 4 members (excludes halogenated alkanes) is 1. The number of carbonyl (C=O) groups is 2. The van der Waals surface area contributed by atoms with Gasteiger partial charge in [-0.1, -0.05) is 49.6 Å². The van der Waals surface area contributed by atoms with Gasteiger partial charge in [-0.25, -0.2) is 4.39 Å². The van der Waals surface area contributed by atoms with E-state index < -0.39 is 35.3 Å². The topological polar surface area (TPSA) is 97.6 Å². The maximum atomic E-state index is 14.5. The maximum absolute atomic E-state index is 14.5.